The number of carbonyl (C=O) groups excluding carboxylic acids is 2. The summed E-state index contributed by atoms with van der Waals surface area (Å²) in [4.78, 5) is 43.6. The number of benzene rings is 4. The second-order valence-electron chi connectivity index (χ2n) is 9.10. The molecule has 0 fully saturated rings. The van der Waals surface area contributed by atoms with E-state index in [2.05, 4.69) is 10.2 Å². The first-order valence-electron chi connectivity index (χ1n) is 12.9. The first-order valence-corrected chi connectivity index (χ1v) is 12.9. The van der Waals surface area contributed by atoms with Crippen molar-refractivity contribution in [3.05, 3.63) is 144 Å². The van der Waals surface area contributed by atoms with E-state index in [0.29, 0.717) is 11.3 Å². The number of ether oxygens (including phenoxy) is 1. The molecular weight excluding hydrogens is 520 g/mol. The maximum Gasteiger partial charge on any atom is 0.325 e. The van der Waals surface area contributed by atoms with Crippen LogP contribution in [0.5, 0.6) is 0 Å². The van der Waals surface area contributed by atoms with Crippen molar-refractivity contribution in [1.29, 1.82) is 0 Å². The van der Waals surface area contributed by atoms with Gasteiger partial charge < -0.3 is 14.7 Å². The molecule has 0 heterocycles. The number of nitrogens with one attached hydrogen (secondary N) is 1. The smallest absolute Gasteiger partial charge is 0.325 e. The highest BCUT2D eigenvalue weighted by Gasteiger charge is 2.38. The highest BCUT2D eigenvalue weighted by Crippen LogP contribution is 2.39. The standard InChI is InChI=1S/C33H30N2O6/c1-40-32(39)24-35(23-31(37)38)29-20-17-25(18-21-29)19-22-30(36)34-41-33(26-11-5-2-6-12-26,27-13-7-3-8-14-27)28-15-9-4-10-16-28/h2-22H,23-24H2,1H3,(H,34,36)(H,37,38)/b22-19+. The molecule has 0 radical (unpaired) electrons. The van der Waals surface area contributed by atoms with Gasteiger partial charge in [0.25, 0.3) is 5.91 Å². The molecule has 0 unspecified atom stereocenters. The van der Waals surface area contributed by atoms with E-state index in [4.69, 9.17) is 4.84 Å². The minimum absolute atomic E-state index is 0.205. The van der Waals surface area contributed by atoms with E-state index in [1.165, 1.54) is 18.1 Å². The van der Waals surface area contributed by atoms with Gasteiger partial charge in [-0.05, 0) is 40.5 Å². The Morgan fingerprint density at radius 1 is 0.756 bits per heavy atom. The third-order valence-corrected chi connectivity index (χ3v) is 6.40. The Kier molecular flexibility index (Phi) is 9.64. The number of methoxy groups -OCH3 is 1. The van der Waals surface area contributed by atoms with Gasteiger partial charge in [-0.15, -0.1) is 0 Å². The number of esters is 1. The van der Waals surface area contributed by atoms with Gasteiger partial charge in [0, 0.05) is 11.8 Å². The van der Waals surface area contributed by atoms with E-state index in [1.54, 1.807) is 30.3 Å². The van der Waals surface area contributed by atoms with Crippen LogP contribution in [0.25, 0.3) is 6.08 Å². The normalized spacial score (nSPS) is 11.1. The number of carboxylic acid groups (broad SMARTS) is 1. The summed E-state index contributed by atoms with van der Waals surface area (Å²) in [6, 6.07) is 35.8. The van der Waals surface area contributed by atoms with Crippen molar-refractivity contribution >= 4 is 29.6 Å². The van der Waals surface area contributed by atoms with Crippen LogP contribution >= 0.6 is 0 Å². The minimum atomic E-state index is -1.11. The van der Waals surface area contributed by atoms with Gasteiger partial charge in [0.1, 0.15) is 13.1 Å². The summed E-state index contributed by atoms with van der Waals surface area (Å²) in [7, 11) is 1.24. The average Bonchev–Trinajstić information content (AvgIpc) is 3.01. The van der Waals surface area contributed by atoms with Gasteiger partial charge in [-0.1, -0.05) is 103 Å². The van der Waals surface area contributed by atoms with Crippen molar-refractivity contribution < 1.29 is 29.1 Å². The van der Waals surface area contributed by atoms with Crippen LogP contribution in [0.3, 0.4) is 0 Å². The Morgan fingerprint density at radius 2 is 1.24 bits per heavy atom. The van der Waals surface area contributed by atoms with Crippen LogP contribution in [-0.2, 0) is 29.6 Å². The van der Waals surface area contributed by atoms with E-state index in [-0.39, 0.29) is 13.1 Å². The van der Waals surface area contributed by atoms with E-state index in [9.17, 15) is 19.5 Å². The summed E-state index contributed by atoms with van der Waals surface area (Å²) in [5.41, 5.74) is 5.26. The summed E-state index contributed by atoms with van der Waals surface area (Å²) in [5.74, 6) is -2.10. The number of carbonyl (C=O) groups is 3. The topological polar surface area (TPSA) is 105 Å². The van der Waals surface area contributed by atoms with Gasteiger partial charge in [-0.2, -0.15) is 0 Å². The minimum Gasteiger partial charge on any atom is -0.480 e. The summed E-state index contributed by atoms with van der Waals surface area (Å²) in [5, 5.41) is 9.20. The maximum atomic E-state index is 13.0. The molecule has 4 aromatic carbocycles. The number of carboxylic acids is 1. The summed E-state index contributed by atoms with van der Waals surface area (Å²) in [6.07, 6.45) is 2.96. The van der Waals surface area contributed by atoms with Crippen molar-refractivity contribution in [2.75, 3.05) is 25.1 Å². The molecular formula is C33H30N2O6. The fraction of sp³-hybridized carbons (Fsp3) is 0.121. The van der Waals surface area contributed by atoms with Crippen molar-refractivity contribution in [1.82, 2.24) is 5.48 Å². The Labute approximate surface area is 238 Å². The monoisotopic (exact) mass is 550 g/mol. The molecule has 8 nitrogen and oxygen atoms in total. The predicted molar refractivity (Wildman–Crippen MR) is 156 cm³/mol. The number of anilines is 1. The zero-order valence-corrected chi connectivity index (χ0v) is 22.5. The van der Waals surface area contributed by atoms with Gasteiger partial charge in [-0.25, -0.2) is 5.48 Å². The molecule has 0 atom stereocenters. The summed E-state index contributed by atoms with van der Waals surface area (Å²) in [6.45, 7) is -0.570. The Morgan fingerprint density at radius 3 is 1.68 bits per heavy atom. The maximum absolute atomic E-state index is 13.0. The van der Waals surface area contributed by atoms with Gasteiger partial charge in [0.05, 0.1) is 7.11 Å². The van der Waals surface area contributed by atoms with Crippen molar-refractivity contribution in [2.24, 2.45) is 0 Å². The zero-order chi connectivity index (χ0) is 29.1. The third kappa shape index (κ3) is 7.26. The summed E-state index contributed by atoms with van der Waals surface area (Å²) >= 11 is 0. The SMILES string of the molecule is COC(=O)CN(CC(=O)O)c1ccc(/C=C/C(=O)NOC(c2ccccc2)(c2ccccc2)c2ccccc2)cc1. The van der Waals surface area contributed by atoms with Crippen molar-refractivity contribution in [3.63, 3.8) is 0 Å². The molecule has 41 heavy (non-hydrogen) atoms. The van der Waals surface area contributed by atoms with E-state index in [1.807, 2.05) is 91.0 Å². The lowest BCUT2D eigenvalue weighted by molar-refractivity contribution is -0.139. The molecule has 208 valence electrons. The molecule has 0 spiro atoms. The molecule has 0 bridgehead atoms. The lowest BCUT2D eigenvalue weighted by atomic mass is 9.80. The lowest BCUT2D eigenvalue weighted by Crippen LogP contribution is -2.40. The van der Waals surface area contributed by atoms with Gasteiger partial charge in [0.2, 0.25) is 0 Å². The van der Waals surface area contributed by atoms with Gasteiger partial charge in [-0.3, -0.25) is 19.2 Å². The second-order valence-corrected chi connectivity index (χ2v) is 9.10. The Balaban J connectivity index is 1.55. The lowest BCUT2D eigenvalue weighted by Gasteiger charge is -2.34. The van der Waals surface area contributed by atoms with Crippen LogP contribution in [0, 0.1) is 0 Å². The molecule has 0 aromatic heterocycles. The second kappa shape index (κ2) is 13.7. The number of nitrogens with zero attached hydrogens (tertiary/aromatic N) is 1. The predicted octanol–water partition coefficient (Wildman–Crippen LogP) is 4.80. The molecule has 8 heteroatoms. The van der Waals surface area contributed by atoms with Crippen LogP contribution in [-0.4, -0.2) is 43.2 Å². The molecule has 4 rings (SSSR count). The first-order chi connectivity index (χ1) is 19.9. The highest BCUT2D eigenvalue weighted by molar-refractivity contribution is 5.91. The first kappa shape index (κ1) is 28.8. The van der Waals surface area contributed by atoms with Crippen LogP contribution < -0.4 is 10.4 Å². The van der Waals surface area contributed by atoms with E-state index < -0.39 is 23.4 Å². The van der Waals surface area contributed by atoms with Crippen LogP contribution in [0.4, 0.5) is 5.69 Å². The number of aliphatic carboxylic acids is 1. The molecule has 0 aliphatic rings. The molecule has 0 saturated heterocycles. The molecule has 4 aromatic rings. The number of hydrogen-bond donors (Lipinski definition) is 2. The molecule has 0 saturated carbocycles. The highest BCUT2D eigenvalue weighted by atomic mass is 16.7. The molecule has 0 aliphatic heterocycles. The quantitative estimate of drug-likeness (QED) is 0.113. The Hall–Kier alpha value is -5.21. The average molecular weight is 551 g/mol. The van der Waals surface area contributed by atoms with Gasteiger partial charge >= 0.3 is 11.9 Å². The molecule has 2 N–H and O–H groups in total. The fourth-order valence-corrected chi connectivity index (χ4v) is 4.45. The fourth-order valence-electron chi connectivity index (χ4n) is 4.45. The largest absolute Gasteiger partial charge is 0.480 e. The van der Waals surface area contributed by atoms with Crippen molar-refractivity contribution in [2.45, 2.75) is 5.60 Å². The zero-order valence-electron chi connectivity index (χ0n) is 22.5. The number of hydroxylamine groups is 1. The number of hydrogen-bond acceptors (Lipinski definition) is 6. The van der Waals surface area contributed by atoms with Crippen molar-refractivity contribution in [3.8, 4) is 0 Å². The molecule has 1 amide bonds. The molecule has 0 aliphatic carbocycles. The summed E-state index contributed by atoms with van der Waals surface area (Å²) < 4.78 is 4.66. The van der Waals surface area contributed by atoms with E-state index in [0.717, 1.165) is 16.7 Å². The Bertz CT molecular complexity index is 1380. The van der Waals surface area contributed by atoms with Gasteiger partial charge in [0.15, 0.2) is 5.60 Å². The van der Waals surface area contributed by atoms with Crippen LogP contribution in [0.2, 0.25) is 0 Å². The number of rotatable bonds is 12. The van der Waals surface area contributed by atoms with Crippen LogP contribution in [0.15, 0.2) is 121 Å². The number of amides is 1. The third-order valence-electron chi connectivity index (χ3n) is 6.40. The van der Waals surface area contributed by atoms with Crippen LogP contribution in [0.1, 0.15) is 22.3 Å². The van der Waals surface area contributed by atoms with E-state index >= 15 is 0 Å².